The maximum absolute atomic E-state index is 13.0. The topological polar surface area (TPSA) is 71.3 Å². The lowest BCUT2D eigenvalue weighted by molar-refractivity contribution is 0.206. The predicted molar refractivity (Wildman–Crippen MR) is 133 cm³/mol. The SMILES string of the molecule is COc1ccccc1OCCOc1ccc(C=c2sc3nc4ccccc4n3c2=O)cc1OC. The number of benzene rings is 3. The molecule has 2 aromatic heterocycles. The number of methoxy groups -OCH3 is 2. The minimum atomic E-state index is -0.0820. The van der Waals surface area contributed by atoms with E-state index in [9.17, 15) is 4.79 Å². The van der Waals surface area contributed by atoms with Crippen LogP contribution in [0.5, 0.6) is 23.0 Å². The Hall–Kier alpha value is -4.04. The second-order valence-corrected chi connectivity index (χ2v) is 8.40. The van der Waals surface area contributed by atoms with Gasteiger partial charge in [0, 0.05) is 0 Å². The van der Waals surface area contributed by atoms with Crippen LogP contribution in [-0.4, -0.2) is 36.8 Å². The highest BCUT2D eigenvalue weighted by Crippen LogP contribution is 2.29. The van der Waals surface area contributed by atoms with Gasteiger partial charge in [-0.25, -0.2) is 9.38 Å². The van der Waals surface area contributed by atoms with Crippen molar-refractivity contribution in [3.05, 3.63) is 87.2 Å². The molecule has 5 aromatic rings. The molecule has 2 heterocycles. The fourth-order valence-corrected chi connectivity index (χ4v) is 4.68. The molecule has 0 bridgehead atoms. The number of hydrogen-bond acceptors (Lipinski definition) is 7. The molecule has 172 valence electrons. The van der Waals surface area contributed by atoms with Gasteiger partial charge in [-0.3, -0.25) is 4.79 Å². The Morgan fingerprint density at radius 2 is 1.53 bits per heavy atom. The number of aromatic nitrogens is 2. The van der Waals surface area contributed by atoms with Gasteiger partial charge in [-0.05, 0) is 48.0 Å². The van der Waals surface area contributed by atoms with Gasteiger partial charge < -0.3 is 18.9 Å². The third-order valence-corrected chi connectivity index (χ3v) is 6.27. The minimum absolute atomic E-state index is 0.0820. The Labute approximate surface area is 199 Å². The van der Waals surface area contributed by atoms with Crippen LogP contribution in [0.3, 0.4) is 0 Å². The van der Waals surface area contributed by atoms with Gasteiger partial charge in [0.05, 0.1) is 29.8 Å². The summed E-state index contributed by atoms with van der Waals surface area (Å²) in [5.74, 6) is 2.50. The normalized spacial score (nSPS) is 11.8. The van der Waals surface area contributed by atoms with Crippen molar-refractivity contribution in [1.82, 2.24) is 9.38 Å². The smallest absolute Gasteiger partial charge is 0.274 e. The van der Waals surface area contributed by atoms with Crippen LogP contribution in [-0.2, 0) is 0 Å². The van der Waals surface area contributed by atoms with Crippen LogP contribution in [0.1, 0.15) is 5.56 Å². The van der Waals surface area contributed by atoms with Gasteiger partial charge in [-0.2, -0.15) is 0 Å². The van der Waals surface area contributed by atoms with E-state index in [2.05, 4.69) is 4.98 Å². The number of para-hydroxylation sites is 4. The average Bonchev–Trinajstić information content (AvgIpc) is 3.38. The van der Waals surface area contributed by atoms with E-state index < -0.39 is 0 Å². The van der Waals surface area contributed by atoms with Crippen molar-refractivity contribution in [2.75, 3.05) is 27.4 Å². The third-order valence-electron chi connectivity index (χ3n) is 5.30. The molecule has 5 rings (SSSR count). The predicted octanol–water partition coefficient (Wildman–Crippen LogP) is 3.93. The summed E-state index contributed by atoms with van der Waals surface area (Å²) in [4.78, 5) is 18.2. The van der Waals surface area contributed by atoms with Crippen molar-refractivity contribution in [1.29, 1.82) is 0 Å². The molecular weight excluding hydrogens is 452 g/mol. The number of ether oxygens (including phenoxy) is 4. The van der Waals surface area contributed by atoms with Crippen molar-refractivity contribution in [2.24, 2.45) is 0 Å². The summed E-state index contributed by atoms with van der Waals surface area (Å²) in [6.45, 7) is 0.678. The zero-order chi connectivity index (χ0) is 23.5. The molecule has 0 aliphatic heterocycles. The number of rotatable bonds is 8. The second kappa shape index (κ2) is 9.44. The van der Waals surface area contributed by atoms with E-state index in [0.717, 1.165) is 16.6 Å². The summed E-state index contributed by atoms with van der Waals surface area (Å²) >= 11 is 1.36. The van der Waals surface area contributed by atoms with Crippen LogP contribution >= 0.6 is 11.3 Å². The number of nitrogens with zero attached hydrogens (tertiary/aromatic N) is 2. The molecule has 0 spiro atoms. The highest BCUT2D eigenvalue weighted by atomic mass is 32.1. The van der Waals surface area contributed by atoms with E-state index in [0.29, 0.717) is 45.7 Å². The summed E-state index contributed by atoms with van der Waals surface area (Å²) < 4.78 is 24.7. The molecule has 0 amide bonds. The summed E-state index contributed by atoms with van der Waals surface area (Å²) in [5.41, 5.74) is 2.38. The molecule has 3 aromatic carbocycles. The van der Waals surface area contributed by atoms with Gasteiger partial charge in [0.1, 0.15) is 13.2 Å². The molecule has 0 saturated carbocycles. The maximum Gasteiger partial charge on any atom is 0.274 e. The molecule has 7 nitrogen and oxygen atoms in total. The molecule has 0 aliphatic carbocycles. The Morgan fingerprint density at radius 1 is 0.853 bits per heavy atom. The van der Waals surface area contributed by atoms with Gasteiger partial charge in [0.25, 0.3) is 5.56 Å². The van der Waals surface area contributed by atoms with E-state index in [1.165, 1.54) is 11.3 Å². The first-order valence-corrected chi connectivity index (χ1v) is 11.5. The van der Waals surface area contributed by atoms with E-state index >= 15 is 0 Å². The summed E-state index contributed by atoms with van der Waals surface area (Å²) in [6, 6.07) is 20.6. The molecular formula is C26H22N2O5S. The zero-order valence-corrected chi connectivity index (χ0v) is 19.5. The van der Waals surface area contributed by atoms with Crippen LogP contribution in [0.2, 0.25) is 0 Å². The van der Waals surface area contributed by atoms with Crippen molar-refractivity contribution in [2.45, 2.75) is 0 Å². The Bertz CT molecular complexity index is 1570. The first-order valence-electron chi connectivity index (χ1n) is 10.7. The molecule has 0 fully saturated rings. The summed E-state index contributed by atoms with van der Waals surface area (Å²) in [5, 5.41) is 0. The average molecular weight is 475 g/mol. The van der Waals surface area contributed by atoms with Gasteiger partial charge in [-0.1, -0.05) is 41.7 Å². The van der Waals surface area contributed by atoms with E-state index in [1.54, 1.807) is 18.6 Å². The zero-order valence-electron chi connectivity index (χ0n) is 18.7. The number of hydrogen-bond donors (Lipinski definition) is 0. The van der Waals surface area contributed by atoms with Gasteiger partial charge in [0.2, 0.25) is 0 Å². The Kier molecular flexibility index (Phi) is 6.05. The Morgan fingerprint density at radius 3 is 2.29 bits per heavy atom. The lowest BCUT2D eigenvalue weighted by Crippen LogP contribution is -2.22. The van der Waals surface area contributed by atoms with Crippen LogP contribution < -0.4 is 29.0 Å². The van der Waals surface area contributed by atoms with Crippen LogP contribution in [0, 0.1) is 0 Å². The lowest BCUT2D eigenvalue weighted by atomic mass is 10.2. The number of fused-ring (bicyclic) bond motifs is 3. The van der Waals surface area contributed by atoms with Crippen molar-refractivity contribution in [3.8, 4) is 23.0 Å². The van der Waals surface area contributed by atoms with Crippen molar-refractivity contribution < 1.29 is 18.9 Å². The molecule has 0 radical (unpaired) electrons. The van der Waals surface area contributed by atoms with E-state index in [4.69, 9.17) is 18.9 Å². The van der Waals surface area contributed by atoms with E-state index in [-0.39, 0.29) is 5.56 Å². The van der Waals surface area contributed by atoms with Gasteiger partial charge in [0.15, 0.2) is 28.0 Å². The minimum Gasteiger partial charge on any atom is -0.493 e. The first-order chi connectivity index (χ1) is 16.7. The third kappa shape index (κ3) is 4.15. The highest BCUT2D eigenvalue weighted by Gasteiger charge is 2.11. The van der Waals surface area contributed by atoms with Crippen LogP contribution in [0.25, 0.3) is 22.1 Å². The molecule has 8 heteroatoms. The number of thiazole rings is 1. The molecule has 0 N–H and O–H groups in total. The first kappa shape index (κ1) is 21.8. The molecule has 0 saturated heterocycles. The van der Waals surface area contributed by atoms with Crippen LogP contribution in [0.15, 0.2) is 71.5 Å². The fraction of sp³-hybridized carbons (Fsp3) is 0.154. The molecule has 34 heavy (non-hydrogen) atoms. The number of imidazole rings is 1. The Balaban J connectivity index is 1.33. The fourth-order valence-electron chi connectivity index (χ4n) is 3.70. The lowest BCUT2D eigenvalue weighted by Gasteiger charge is -2.13. The summed E-state index contributed by atoms with van der Waals surface area (Å²) in [7, 11) is 3.19. The molecule has 0 atom stereocenters. The van der Waals surface area contributed by atoms with Gasteiger partial charge >= 0.3 is 0 Å². The standard InChI is InChI=1S/C26H22N2O5S/c1-30-20-9-5-6-10-21(20)32-13-14-33-22-12-11-17(15-23(22)31-2)16-24-25(29)28-19-8-4-3-7-18(19)27-26(28)34-24/h3-12,15-16H,13-14H2,1-2H3. The van der Waals surface area contributed by atoms with E-state index in [1.807, 2.05) is 72.8 Å². The molecule has 0 unspecified atom stereocenters. The largest absolute Gasteiger partial charge is 0.493 e. The van der Waals surface area contributed by atoms with Gasteiger partial charge in [-0.15, -0.1) is 0 Å². The summed E-state index contributed by atoms with van der Waals surface area (Å²) in [6.07, 6.45) is 1.84. The highest BCUT2D eigenvalue weighted by molar-refractivity contribution is 7.15. The van der Waals surface area contributed by atoms with Crippen molar-refractivity contribution >= 4 is 33.4 Å². The second-order valence-electron chi connectivity index (χ2n) is 7.39. The van der Waals surface area contributed by atoms with Crippen molar-refractivity contribution in [3.63, 3.8) is 0 Å². The molecule has 0 aliphatic rings. The monoisotopic (exact) mass is 474 g/mol. The maximum atomic E-state index is 13.0. The quantitative estimate of drug-likeness (QED) is 0.318. The van der Waals surface area contributed by atoms with Crippen LogP contribution in [0.4, 0.5) is 0 Å².